The van der Waals surface area contributed by atoms with Gasteiger partial charge in [-0.15, -0.1) is 0 Å². The Labute approximate surface area is 165 Å². The quantitative estimate of drug-likeness (QED) is 0.202. The molecule has 28 heavy (non-hydrogen) atoms. The van der Waals surface area contributed by atoms with Gasteiger partial charge in [0.25, 0.3) is 0 Å². The summed E-state index contributed by atoms with van der Waals surface area (Å²) in [6, 6.07) is 4.45. The first kappa shape index (κ1) is 26.8. The molecule has 0 aliphatic carbocycles. The predicted octanol–water partition coefficient (Wildman–Crippen LogP) is 5.07. The van der Waals surface area contributed by atoms with Crippen LogP contribution < -0.4 is 4.57 Å². The highest BCUT2D eigenvalue weighted by molar-refractivity contribution is 7.86. The van der Waals surface area contributed by atoms with Crippen molar-refractivity contribution < 1.29 is 35.1 Å². The molecule has 0 aliphatic heterocycles. The van der Waals surface area contributed by atoms with E-state index < -0.39 is 21.8 Å². The van der Waals surface area contributed by atoms with Crippen molar-refractivity contribution in [2.45, 2.75) is 89.9 Å². The Morgan fingerprint density at radius 3 is 2.11 bits per heavy atom. The monoisotopic (exact) mass is 429 g/mol. The molecule has 0 aromatic carbocycles. The fourth-order valence-corrected chi connectivity index (χ4v) is 2.65. The second kappa shape index (κ2) is 13.9. The van der Waals surface area contributed by atoms with E-state index in [1.807, 2.05) is 0 Å². The zero-order valence-corrected chi connectivity index (χ0v) is 17.4. The molecule has 1 heterocycles. The predicted molar refractivity (Wildman–Crippen MR) is 99.3 cm³/mol. The van der Waals surface area contributed by atoms with E-state index in [9.17, 15) is 30.5 Å². The number of hydrogen-bond acceptors (Lipinski definition) is 3. The minimum atomic E-state index is -6.23. The number of halogens is 4. The molecule has 0 fully saturated rings. The number of aromatic nitrogens is 1. The van der Waals surface area contributed by atoms with Crippen molar-refractivity contribution in [2.24, 2.45) is 0 Å². The van der Waals surface area contributed by atoms with Gasteiger partial charge in [-0.25, -0.2) is 21.8 Å². The zero-order chi connectivity index (χ0) is 21.6. The van der Waals surface area contributed by atoms with Crippen LogP contribution in [0.2, 0.25) is 0 Å². The second-order valence-electron chi connectivity index (χ2n) is 6.64. The van der Waals surface area contributed by atoms with Gasteiger partial charge in [-0.2, -0.15) is 8.78 Å². The smallest absolute Gasteiger partial charge is 0.393 e. The number of nitrogens with zero attached hydrogens (tertiary/aromatic N) is 1. The van der Waals surface area contributed by atoms with Crippen LogP contribution in [-0.4, -0.2) is 24.7 Å². The normalized spacial score (nSPS) is 12.0. The average Bonchev–Trinajstić information content (AvgIpc) is 2.62. The number of rotatable bonds is 12. The van der Waals surface area contributed by atoms with Gasteiger partial charge in [0.2, 0.25) is 0 Å². The Bertz CT molecular complexity index is 640. The summed E-state index contributed by atoms with van der Waals surface area (Å²) in [6.45, 7) is 5.72. The van der Waals surface area contributed by atoms with Gasteiger partial charge >= 0.3 is 11.7 Å². The van der Waals surface area contributed by atoms with Gasteiger partial charge in [-0.05, 0) is 25.3 Å². The van der Waals surface area contributed by atoms with E-state index in [2.05, 4.69) is 42.9 Å². The molecule has 0 spiro atoms. The number of alkyl halides is 4. The molecule has 9 heteroatoms. The zero-order valence-electron chi connectivity index (χ0n) is 16.5. The summed E-state index contributed by atoms with van der Waals surface area (Å²) >= 11 is 0. The maximum Gasteiger partial charge on any atom is 0.393 e. The van der Waals surface area contributed by atoms with E-state index in [0.29, 0.717) is 0 Å². The third-order valence-electron chi connectivity index (χ3n) is 4.10. The highest BCUT2D eigenvalue weighted by Gasteiger charge is 2.48. The molecule has 4 nitrogen and oxygen atoms in total. The third kappa shape index (κ3) is 10.9. The third-order valence-corrected chi connectivity index (χ3v) is 4.94. The van der Waals surface area contributed by atoms with Crippen LogP contribution in [0.25, 0.3) is 0 Å². The molecule has 1 aromatic heterocycles. The van der Waals surface area contributed by atoms with Gasteiger partial charge in [0.1, 0.15) is 6.54 Å². The molecule has 0 bridgehead atoms. The van der Waals surface area contributed by atoms with Crippen molar-refractivity contribution in [3.63, 3.8) is 0 Å². The molecule has 0 amide bonds. The van der Waals surface area contributed by atoms with Crippen molar-refractivity contribution in [2.75, 3.05) is 0 Å². The van der Waals surface area contributed by atoms with E-state index in [1.54, 1.807) is 0 Å². The van der Waals surface area contributed by atoms with E-state index in [-0.39, 0.29) is 0 Å². The number of hydrogen-bond donors (Lipinski definition) is 0. The first-order valence-corrected chi connectivity index (χ1v) is 11.1. The Hall–Kier alpha value is -1.22. The lowest BCUT2D eigenvalue weighted by atomic mass is 10.1. The van der Waals surface area contributed by atoms with Crippen molar-refractivity contribution in [3.05, 3.63) is 30.1 Å². The molecule has 1 aromatic rings. The van der Waals surface area contributed by atoms with Crippen molar-refractivity contribution >= 4 is 10.1 Å². The van der Waals surface area contributed by atoms with E-state index in [4.69, 9.17) is 0 Å². The summed E-state index contributed by atoms with van der Waals surface area (Å²) < 4.78 is 75.1. The fourth-order valence-electron chi connectivity index (χ4n) is 2.43. The molecule has 0 saturated heterocycles. The molecule has 1 rings (SSSR count). The van der Waals surface area contributed by atoms with E-state index in [1.165, 1.54) is 69.9 Å². The first-order chi connectivity index (χ1) is 13.1. The van der Waals surface area contributed by atoms with Gasteiger partial charge in [0, 0.05) is 18.1 Å². The van der Waals surface area contributed by atoms with E-state index >= 15 is 0 Å². The van der Waals surface area contributed by atoms with Gasteiger partial charge in [0.05, 0.1) is 0 Å². The summed E-state index contributed by atoms with van der Waals surface area (Å²) in [5.74, 6) is 0. The van der Waals surface area contributed by atoms with Crippen LogP contribution in [-0.2, 0) is 23.1 Å². The molecule has 0 unspecified atom stereocenters. The lowest BCUT2D eigenvalue weighted by Gasteiger charge is -2.17. The largest absolute Gasteiger partial charge is 0.743 e. The summed E-state index contributed by atoms with van der Waals surface area (Å²) in [5, 5.41) is -5.48. The Morgan fingerprint density at radius 2 is 1.61 bits per heavy atom. The number of unbranched alkanes of at least 4 members (excludes halogenated alkanes) is 6. The number of pyridine rings is 1. The van der Waals surface area contributed by atoms with Gasteiger partial charge in [-0.3, -0.25) is 0 Å². The topological polar surface area (TPSA) is 61.1 Å². The second-order valence-corrected chi connectivity index (χ2v) is 8.09. The maximum atomic E-state index is 11.4. The minimum absolute atomic E-state index is 1.19. The highest BCUT2D eigenvalue weighted by atomic mass is 32.2. The van der Waals surface area contributed by atoms with Crippen LogP contribution in [0.1, 0.15) is 70.8 Å². The SMILES string of the molecule is CCCCCCCC[n+]1cccc(CCCC)c1.O=S(=O)([O-])C(F)(F)C(F)F. The van der Waals surface area contributed by atoms with Crippen molar-refractivity contribution in [1.29, 1.82) is 0 Å². The molecule has 0 aliphatic rings. The van der Waals surface area contributed by atoms with Crippen LogP contribution in [0.3, 0.4) is 0 Å². The average molecular weight is 430 g/mol. The minimum Gasteiger partial charge on any atom is -0.743 e. The molecular weight excluding hydrogens is 398 g/mol. The van der Waals surface area contributed by atoms with Crippen molar-refractivity contribution in [3.8, 4) is 0 Å². The molecule has 0 atom stereocenters. The van der Waals surface area contributed by atoms with Crippen LogP contribution in [0, 0.1) is 0 Å². The summed E-state index contributed by atoms with van der Waals surface area (Å²) in [5.41, 5.74) is 1.49. The van der Waals surface area contributed by atoms with Crippen LogP contribution in [0.4, 0.5) is 17.6 Å². The lowest BCUT2D eigenvalue weighted by molar-refractivity contribution is -0.697. The standard InChI is InChI=1S/C17H30N.C2H2F4O3S/c1-3-5-7-8-9-10-14-18-15-11-13-17(16-18)12-6-4-2;3-1(4)2(5,6)10(7,8)9/h11,13,15-16H,3-10,12,14H2,1-2H3;1H,(H,7,8,9)/q+1;/p-1. The summed E-state index contributed by atoms with van der Waals surface area (Å²) in [4.78, 5) is 0. The maximum absolute atomic E-state index is 11.4. The number of aryl methyl sites for hydroxylation is 2. The van der Waals surface area contributed by atoms with Gasteiger partial charge < -0.3 is 4.55 Å². The van der Waals surface area contributed by atoms with Crippen LogP contribution in [0.15, 0.2) is 24.5 Å². The molecule has 0 radical (unpaired) electrons. The Balaban J connectivity index is 0.000000621. The van der Waals surface area contributed by atoms with E-state index in [0.717, 1.165) is 0 Å². The molecule has 0 saturated carbocycles. The fraction of sp³-hybridized carbons (Fsp3) is 0.737. The van der Waals surface area contributed by atoms with Crippen molar-refractivity contribution in [1.82, 2.24) is 0 Å². The summed E-state index contributed by atoms with van der Waals surface area (Å²) in [7, 11) is -6.23. The Kier molecular flexibility index (Phi) is 13.3. The highest BCUT2D eigenvalue weighted by Crippen LogP contribution is 2.27. The first-order valence-electron chi connectivity index (χ1n) is 9.65. The van der Waals surface area contributed by atoms with Gasteiger partial charge in [0.15, 0.2) is 22.5 Å². The van der Waals surface area contributed by atoms with Crippen LogP contribution >= 0.6 is 0 Å². The molecular formula is C19H31F4NO3S. The van der Waals surface area contributed by atoms with Crippen LogP contribution in [0.5, 0.6) is 0 Å². The summed E-state index contributed by atoms with van der Waals surface area (Å²) in [6.07, 6.45) is 12.2. The van der Waals surface area contributed by atoms with Gasteiger partial charge in [-0.1, -0.05) is 46.0 Å². The lowest BCUT2D eigenvalue weighted by Crippen LogP contribution is -2.36. The Morgan fingerprint density at radius 1 is 1.04 bits per heavy atom. The molecule has 0 N–H and O–H groups in total. The molecule has 164 valence electrons.